The van der Waals surface area contributed by atoms with Crippen molar-refractivity contribution < 1.29 is 13.3 Å². The molecule has 0 aromatic heterocycles. The largest absolute Gasteiger partial charge is 0.501 e. The van der Waals surface area contributed by atoms with Crippen molar-refractivity contribution in [1.29, 1.82) is 0 Å². The summed E-state index contributed by atoms with van der Waals surface area (Å²) in [6.07, 6.45) is 7.14. The summed E-state index contributed by atoms with van der Waals surface area (Å²) in [5.74, 6) is 0. The van der Waals surface area contributed by atoms with Crippen LogP contribution in [0.15, 0.2) is 0 Å². The highest BCUT2D eigenvalue weighted by molar-refractivity contribution is 6.60. The molecule has 0 fully saturated rings. The molecule has 3 atom stereocenters. The Kier molecular flexibility index (Phi) is 11.7. The van der Waals surface area contributed by atoms with Crippen LogP contribution >= 0.6 is 0 Å². The zero-order valence-corrected chi connectivity index (χ0v) is 16.4. The highest BCUT2D eigenvalue weighted by Gasteiger charge is 2.44. The first kappa shape index (κ1) is 21.1. The van der Waals surface area contributed by atoms with Gasteiger partial charge in [0.25, 0.3) is 0 Å². The molecule has 0 aliphatic rings. The predicted molar refractivity (Wildman–Crippen MR) is 92.6 cm³/mol. The van der Waals surface area contributed by atoms with Crippen molar-refractivity contribution in [3.8, 4) is 0 Å². The molecular weight excluding hydrogens is 280 g/mol. The van der Waals surface area contributed by atoms with Gasteiger partial charge in [-0.25, -0.2) is 0 Å². The summed E-state index contributed by atoms with van der Waals surface area (Å²) in [4.78, 5) is 0. The third kappa shape index (κ3) is 8.96. The second kappa shape index (κ2) is 11.6. The summed E-state index contributed by atoms with van der Waals surface area (Å²) < 4.78 is 19.1. The minimum Gasteiger partial charge on any atom is -0.371 e. The maximum absolute atomic E-state index is 6.37. The van der Waals surface area contributed by atoms with Crippen LogP contribution in [-0.2, 0) is 13.3 Å². The van der Waals surface area contributed by atoms with Crippen molar-refractivity contribution in [2.24, 2.45) is 0 Å². The lowest BCUT2D eigenvalue weighted by molar-refractivity contribution is -0.0111. The molecular formula is C17H38O3Si. The molecule has 0 aliphatic carbocycles. The van der Waals surface area contributed by atoms with E-state index in [1.165, 1.54) is 12.8 Å². The van der Waals surface area contributed by atoms with E-state index < -0.39 is 8.80 Å². The molecule has 0 aromatic rings. The first-order valence-corrected chi connectivity index (χ1v) is 10.9. The van der Waals surface area contributed by atoms with E-state index in [0.29, 0.717) is 0 Å². The predicted octanol–water partition coefficient (Wildman–Crippen LogP) is 5.56. The minimum atomic E-state index is -2.58. The molecule has 0 saturated carbocycles. The summed E-state index contributed by atoms with van der Waals surface area (Å²) in [6.45, 7) is 15.1. The molecule has 0 amide bonds. The zero-order chi connectivity index (χ0) is 16.3. The first-order chi connectivity index (χ1) is 9.92. The Morgan fingerprint density at radius 2 is 1.05 bits per heavy atom. The van der Waals surface area contributed by atoms with Crippen LogP contribution < -0.4 is 0 Å². The second-order valence-corrected chi connectivity index (χ2v) is 8.72. The van der Waals surface area contributed by atoms with Gasteiger partial charge in [0.1, 0.15) is 0 Å². The standard InChI is InChI=1S/C17H38O3Si/c1-8-12-13-14-21(18-15(5)9-2,19-16(6)10-3)20-17(7)11-4/h15-17H,8-14H2,1-7H3. The van der Waals surface area contributed by atoms with E-state index in [0.717, 1.165) is 31.7 Å². The molecule has 0 spiro atoms. The number of hydrogen-bond acceptors (Lipinski definition) is 3. The van der Waals surface area contributed by atoms with Crippen molar-refractivity contribution in [2.75, 3.05) is 0 Å². The monoisotopic (exact) mass is 318 g/mol. The lowest BCUT2D eigenvalue weighted by Gasteiger charge is -2.36. The van der Waals surface area contributed by atoms with Crippen molar-refractivity contribution in [2.45, 2.75) is 111 Å². The van der Waals surface area contributed by atoms with Gasteiger partial charge in [-0.05, 0) is 46.5 Å². The van der Waals surface area contributed by atoms with Crippen LogP contribution in [0.3, 0.4) is 0 Å². The van der Waals surface area contributed by atoms with E-state index in [4.69, 9.17) is 13.3 Å². The van der Waals surface area contributed by atoms with Gasteiger partial charge in [-0.3, -0.25) is 0 Å². The third-order valence-corrected chi connectivity index (χ3v) is 7.20. The molecule has 3 unspecified atom stereocenters. The summed E-state index contributed by atoms with van der Waals surface area (Å²) in [5.41, 5.74) is 0. The van der Waals surface area contributed by atoms with Gasteiger partial charge >= 0.3 is 8.80 Å². The van der Waals surface area contributed by atoms with Crippen LogP contribution in [0, 0.1) is 0 Å². The molecule has 0 rings (SSSR count). The van der Waals surface area contributed by atoms with E-state index in [9.17, 15) is 0 Å². The SMILES string of the molecule is CCCCC[Si](OC(C)CC)(OC(C)CC)OC(C)CC. The maximum Gasteiger partial charge on any atom is 0.501 e. The summed E-state index contributed by atoms with van der Waals surface area (Å²) in [7, 11) is -2.58. The molecule has 0 aromatic carbocycles. The highest BCUT2D eigenvalue weighted by Crippen LogP contribution is 2.26. The fraction of sp³-hybridized carbons (Fsp3) is 1.00. The van der Waals surface area contributed by atoms with E-state index in [-0.39, 0.29) is 18.3 Å². The van der Waals surface area contributed by atoms with Crippen LogP contribution in [0.4, 0.5) is 0 Å². The van der Waals surface area contributed by atoms with Gasteiger partial charge in [0.15, 0.2) is 0 Å². The topological polar surface area (TPSA) is 27.7 Å². The Morgan fingerprint density at radius 3 is 1.33 bits per heavy atom. The van der Waals surface area contributed by atoms with Gasteiger partial charge < -0.3 is 13.3 Å². The van der Waals surface area contributed by atoms with E-state index in [1.54, 1.807) is 0 Å². The number of rotatable bonds is 13. The van der Waals surface area contributed by atoms with Gasteiger partial charge in [0.05, 0.1) is 0 Å². The fourth-order valence-electron chi connectivity index (χ4n) is 2.02. The van der Waals surface area contributed by atoms with Crippen LogP contribution in [0.25, 0.3) is 0 Å². The van der Waals surface area contributed by atoms with Gasteiger partial charge in [0, 0.05) is 24.4 Å². The number of unbranched alkanes of at least 4 members (excludes halogenated alkanes) is 2. The molecule has 21 heavy (non-hydrogen) atoms. The van der Waals surface area contributed by atoms with Gasteiger partial charge in [0.2, 0.25) is 0 Å². The molecule has 0 bridgehead atoms. The van der Waals surface area contributed by atoms with E-state index in [2.05, 4.69) is 48.5 Å². The molecule has 0 N–H and O–H groups in total. The Balaban J connectivity index is 5.04. The van der Waals surface area contributed by atoms with E-state index >= 15 is 0 Å². The Morgan fingerprint density at radius 1 is 0.667 bits per heavy atom. The quantitative estimate of drug-likeness (QED) is 0.328. The number of hydrogen-bond donors (Lipinski definition) is 0. The molecule has 4 heteroatoms. The normalized spacial score (nSPS) is 19.0. The van der Waals surface area contributed by atoms with Gasteiger partial charge in [-0.2, -0.15) is 0 Å². The average Bonchev–Trinajstić information content (AvgIpc) is 2.46. The second-order valence-electron chi connectivity index (χ2n) is 6.15. The van der Waals surface area contributed by atoms with Crippen LogP contribution in [0.5, 0.6) is 0 Å². The first-order valence-electron chi connectivity index (χ1n) is 8.96. The molecule has 0 saturated heterocycles. The maximum atomic E-state index is 6.37. The van der Waals surface area contributed by atoms with Crippen molar-refractivity contribution in [1.82, 2.24) is 0 Å². The summed E-state index contributed by atoms with van der Waals surface area (Å²) in [5, 5.41) is 0. The Labute approximate surface area is 134 Å². The van der Waals surface area contributed by atoms with Gasteiger partial charge in [-0.15, -0.1) is 0 Å². The smallest absolute Gasteiger partial charge is 0.371 e. The molecule has 3 nitrogen and oxygen atoms in total. The lowest BCUT2D eigenvalue weighted by Crippen LogP contribution is -2.51. The van der Waals surface area contributed by atoms with Crippen molar-refractivity contribution >= 4 is 8.80 Å². The Bertz CT molecular complexity index is 217. The van der Waals surface area contributed by atoms with Crippen LogP contribution in [0.2, 0.25) is 6.04 Å². The minimum absolute atomic E-state index is 0.200. The zero-order valence-electron chi connectivity index (χ0n) is 15.4. The Hall–Kier alpha value is 0.0969. The molecule has 128 valence electrons. The molecule has 0 aliphatic heterocycles. The summed E-state index contributed by atoms with van der Waals surface area (Å²) >= 11 is 0. The van der Waals surface area contributed by atoms with Crippen LogP contribution in [-0.4, -0.2) is 27.1 Å². The van der Waals surface area contributed by atoms with Crippen molar-refractivity contribution in [3.63, 3.8) is 0 Å². The molecule has 0 radical (unpaired) electrons. The molecule has 0 heterocycles. The third-order valence-electron chi connectivity index (χ3n) is 3.95. The van der Waals surface area contributed by atoms with Crippen molar-refractivity contribution in [3.05, 3.63) is 0 Å². The van der Waals surface area contributed by atoms with Gasteiger partial charge in [-0.1, -0.05) is 40.5 Å². The average molecular weight is 319 g/mol. The highest BCUT2D eigenvalue weighted by atomic mass is 28.4. The fourth-order valence-corrected chi connectivity index (χ4v) is 5.56. The van der Waals surface area contributed by atoms with Crippen LogP contribution in [0.1, 0.15) is 87.0 Å². The van der Waals surface area contributed by atoms with E-state index in [1.807, 2.05) is 0 Å². The lowest BCUT2D eigenvalue weighted by atomic mass is 10.3. The summed E-state index contributed by atoms with van der Waals surface area (Å²) in [6, 6.07) is 0.944.